The van der Waals surface area contributed by atoms with Crippen LogP contribution >= 0.6 is 11.6 Å². The monoisotopic (exact) mass is 520 g/mol. The first-order chi connectivity index (χ1) is 16.6. The molecule has 2 atom stereocenters. The number of carbonyl (C=O) groups excluding carboxylic acids is 2. The molecule has 3 N–H and O–H groups in total. The molecule has 0 saturated heterocycles. The molecule has 0 bridgehead atoms. The van der Waals surface area contributed by atoms with Gasteiger partial charge < -0.3 is 25.2 Å². The number of nitrogens with one attached hydrogen (secondary N) is 2. The van der Waals surface area contributed by atoms with Crippen LogP contribution in [0, 0.1) is 0 Å². The quantitative estimate of drug-likeness (QED) is 0.510. The first-order valence-electron chi connectivity index (χ1n) is 11.7. The molecular formula is C23H28ClF3N2O6. The van der Waals surface area contributed by atoms with Gasteiger partial charge in [-0.15, -0.1) is 13.2 Å². The molecule has 1 aliphatic heterocycles. The summed E-state index contributed by atoms with van der Waals surface area (Å²) in [6.45, 7) is -0.214. The first kappa shape index (κ1) is 26.0. The molecule has 0 radical (unpaired) electrons. The lowest BCUT2D eigenvalue weighted by atomic mass is 9.90. The summed E-state index contributed by atoms with van der Waals surface area (Å²) in [7, 11) is 0. The molecule has 4 rings (SSSR count). The Morgan fingerprint density at radius 1 is 1.06 bits per heavy atom. The van der Waals surface area contributed by atoms with E-state index in [4.69, 9.17) is 21.1 Å². The van der Waals surface area contributed by atoms with Crippen LogP contribution in [0.4, 0.5) is 13.2 Å². The van der Waals surface area contributed by atoms with Gasteiger partial charge in [0, 0.05) is 41.9 Å². The third-order valence-corrected chi connectivity index (χ3v) is 6.81. The number of aliphatic hydroxyl groups is 1. The molecule has 35 heavy (non-hydrogen) atoms. The van der Waals surface area contributed by atoms with Gasteiger partial charge >= 0.3 is 6.36 Å². The van der Waals surface area contributed by atoms with Crippen molar-refractivity contribution in [1.29, 1.82) is 0 Å². The zero-order chi connectivity index (χ0) is 25.2. The lowest BCUT2D eigenvalue weighted by molar-refractivity contribution is -0.357. The minimum atomic E-state index is -4.66. The summed E-state index contributed by atoms with van der Waals surface area (Å²) < 4.78 is 51.4. The van der Waals surface area contributed by atoms with Gasteiger partial charge in [-0.1, -0.05) is 11.6 Å². The van der Waals surface area contributed by atoms with E-state index in [0.29, 0.717) is 42.0 Å². The number of amides is 2. The molecule has 3 aliphatic rings. The van der Waals surface area contributed by atoms with Crippen LogP contribution in [-0.2, 0) is 19.1 Å². The van der Waals surface area contributed by atoms with Crippen LogP contribution in [0.3, 0.4) is 0 Å². The molecule has 1 heterocycles. The Balaban J connectivity index is 1.12. The van der Waals surface area contributed by atoms with Crippen molar-refractivity contribution in [2.24, 2.45) is 0 Å². The van der Waals surface area contributed by atoms with Crippen LogP contribution in [0.2, 0.25) is 5.02 Å². The number of hydrogen-bond donors (Lipinski definition) is 3. The minimum Gasteiger partial charge on any atom is -0.480 e. The third-order valence-electron chi connectivity index (χ3n) is 6.57. The lowest BCUT2D eigenvalue weighted by Gasteiger charge is -2.35. The van der Waals surface area contributed by atoms with E-state index in [1.807, 2.05) is 0 Å². The predicted molar refractivity (Wildman–Crippen MR) is 118 cm³/mol. The van der Waals surface area contributed by atoms with Crippen molar-refractivity contribution >= 4 is 23.4 Å². The Labute approximate surface area is 205 Å². The summed E-state index contributed by atoms with van der Waals surface area (Å²) in [6, 6.07) is 4.77. The zero-order valence-electron chi connectivity index (χ0n) is 18.9. The van der Waals surface area contributed by atoms with Crippen LogP contribution < -0.4 is 15.4 Å². The van der Waals surface area contributed by atoms with Crippen LogP contribution in [-0.4, -0.2) is 60.3 Å². The Kier molecular flexibility index (Phi) is 8.09. The van der Waals surface area contributed by atoms with E-state index in [9.17, 15) is 27.9 Å². The molecule has 8 nitrogen and oxygen atoms in total. The molecule has 1 aromatic carbocycles. The molecule has 194 valence electrons. The van der Waals surface area contributed by atoms with Crippen LogP contribution in [0.5, 0.6) is 5.75 Å². The smallest absolute Gasteiger partial charge is 0.480 e. The molecular weight excluding hydrogens is 493 g/mol. The minimum absolute atomic E-state index is 0.0636. The molecule has 0 aromatic heterocycles. The van der Waals surface area contributed by atoms with Gasteiger partial charge in [0.2, 0.25) is 5.91 Å². The van der Waals surface area contributed by atoms with E-state index < -0.39 is 30.8 Å². The second-order valence-corrected chi connectivity index (χ2v) is 9.69. The van der Waals surface area contributed by atoms with Crippen molar-refractivity contribution in [2.45, 2.75) is 87.8 Å². The van der Waals surface area contributed by atoms with Crippen LogP contribution in [0.15, 0.2) is 18.2 Å². The molecule has 2 amide bonds. The number of aliphatic hydroxyl groups excluding tert-OH is 1. The third kappa shape index (κ3) is 7.22. The van der Waals surface area contributed by atoms with Crippen LogP contribution in [0.25, 0.3) is 0 Å². The average Bonchev–Trinajstić information content (AvgIpc) is 2.76. The lowest BCUT2D eigenvalue weighted by Crippen LogP contribution is -2.49. The number of rotatable bonds is 7. The Morgan fingerprint density at radius 3 is 2.37 bits per heavy atom. The maximum atomic E-state index is 12.7. The Bertz CT molecular complexity index is 919. The van der Waals surface area contributed by atoms with Gasteiger partial charge in [-0.25, -0.2) is 0 Å². The van der Waals surface area contributed by atoms with Gasteiger partial charge in [-0.05, 0) is 43.9 Å². The van der Waals surface area contributed by atoms with Gasteiger partial charge in [0.25, 0.3) is 5.91 Å². The van der Waals surface area contributed by atoms with E-state index in [0.717, 1.165) is 0 Å². The fourth-order valence-corrected chi connectivity index (χ4v) is 4.84. The van der Waals surface area contributed by atoms with Crippen LogP contribution in [0.1, 0.15) is 56.6 Å². The maximum Gasteiger partial charge on any atom is 0.522 e. The second kappa shape index (κ2) is 10.9. The van der Waals surface area contributed by atoms with Crippen molar-refractivity contribution < 1.29 is 42.1 Å². The van der Waals surface area contributed by atoms with Gasteiger partial charge in [0.05, 0.1) is 18.3 Å². The molecule has 2 unspecified atom stereocenters. The number of fused-ring (bicyclic) bond motifs is 1. The van der Waals surface area contributed by atoms with Gasteiger partial charge in [0.1, 0.15) is 12.4 Å². The number of halogens is 4. The standard InChI is InChI=1S/C23H28ClF3N2O6/c24-12-1-6-19-17(7-12)18(30)10-20(34-19)22(32)29-14-4-2-13(3-5-14)28-21(31)11-33-15-8-16(9-15)35-23(25,26)27/h1,6-7,13-16,18,20,30H,2-5,8-11H2,(H,28,31)(H,29,32). The largest absolute Gasteiger partial charge is 0.522 e. The molecule has 2 saturated carbocycles. The summed E-state index contributed by atoms with van der Waals surface area (Å²) in [5, 5.41) is 16.7. The zero-order valence-corrected chi connectivity index (χ0v) is 19.6. The summed E-state index contributed by atoms with van der Waals surface area (Å²) in [4.78, 5) is 24.8. The van der Waals surface area contributed by atoms with E-state index in [1.54, 1.807) is 18.2 Å². The normalized spacial score (nSPS) is 30.4. The van der Waals surface area contributed by atoms with Crippen molar-refractivity contribution in [3.63, 3.8) is 0 Å². The fourth-order valence-electron chi connectivity index (χ4n) is 4.66. The molecule has 12 heteroatoms. The Hall–Kier alpha value is -2.08. The predicted octanol–water partition coefficient (Wildman–Crippen LogP) is 3.15. The molecule has 2 aliphatic carbocycles. The SMILES string of the molecule is O=C(COC1CC(OC(F)(F)F)C1)NC1CCC(NC(=O)C2CC(O)c3cc(Cl)ccc3O2)CC1. The number of ether oxygens (including phenoxy) is 3. The summed E-state index contributed by atoms with van der Waals surface area (Å²) in [6.07, 6.45) is -4.62. The average molecular weight is 521 g/mol. The van der Waals surface area contributed by atoms with Crippen molar-refractivity contribution in [2.75, 3.05) is 6.61 Å². The molecule has 2 fully saturated rings. The number of alkyl halides is 3. The Morgan fingerprint density at radius 2 is 1.71 bits per heavy atom. The summed E-state index contributed by atoms with van der Waals surface area (Å²) in [5.41, 5.74) is 0.563. The number of benzene rings is 1. The van der Waals surface area contributed by atoms with Crippen molar-refractivity contribution in [3.8, 4) is 5.75 Å². The molecule has 1 aromatic rings. The number of carbonyl (C=O) groups is 2. The second-order valence-electron chi connectivity index (χ2n) is 9.25. The highest BCUT2D eigenvalue weighted by molar-refractivity contribution is 6.30. The number of hydrogen-bond acceptors (Lipinski definition) is 6. The highest BCUT2D eigenvalue weighted by atomic mass is 35.5. The molecule has 0 spiro atoms. The summed E-state index contributed by atoms with van der Waals surface area (Å²) in [5.74, 6) is -0.174. The highest BCUT2D eigenvalue weighted by Crippen LogP contribution is 2.36. The summed E-state index contributed by atoms with van der Waals surface area (Å²) >= 11 is 5.96. The van der Waals surface area contributed by atoms with E-state index in [2.05, 4.69) is 15.4 Å². The fraction of sp³-hybridized carbons (Fsp3) is 0.652. The van der Waals surface area contributed by atoms with E-state index >= 15 is 0 Å². The topological polar surface area (TPSA) is 106 Å². The highest BCUT2D eigenvalue weighted by Gasteiger charge is 2.41. The maximum absolute atomic E-state index is 12.7. The van der Waals surface area contributed by atoms with E-state index in [1.165, 1.54) is 0 Å². The first-order valence-corrected chi connectivity index (χ1v) is 12.0. The van der Waals surface area contributed by atoms with Gasteiger partial charge in [-0.3, -0.25) is 14.3 Å². The van der Waals surface area contributed by atoms with Crippen molar-refractivity contribution in [1.82, 2.24) is 10.6 Å². The van der Waals surface area contributed by atoms with E-state index in [-0.39, 0.29) is 49.8 Å². The van der Waals surface area contributed by atoms with Gasteiger partial charge in [-0.2, -0.15) is 0 Å². The van der Waals surface area contributed by atoms with Crippen molar-refractivity contribution in [3.05, 3.63) is 28.8 Å². The van der Waals surface area contributed by atoms with Gasteiger partial charge in [0.15, 0.2) is 6.10 Å².